The zero-order valence-electron chi connectivity index (χ0n) is 7.75. The van der Waals surface area contributed by atoms with E-state index in [-0.39, 0.29) is 11.2 Å². The van der Waals surface area contributed by atoms with Crippen molar-refractivity contribution in [2.75, 3.05) is 0 Å². The van der Waals surface area contributed by atoms with Gasteiger partial charge in [0.05, 0.1) is 5.25 Å². The van der Waals surface area contributed by atoms with Gasteiger partial charge in [0.25, 0.3) is 0 Å². The smallest absolute Gasteiger partial charge is 0.230 e. The van der Waals surface area contributed by atoms with Gasteiger partial charge in [-0.05, 0) is 6.42 Å². The Morgan fingerprint density at radius 1 is 1.33 bits per heavy atom. The summed E-state index contributed by atoms with van der Waals surface area (Å²) >= 11 is 4.08. The Morgan fingerprint density at radius 3 is 2.42 bits per heavy atom. The Labute approximate surface area is 80.3 Å². The second-order valence-electron chi connectivity index (χ2n) is 3.12. The zero-order valence-corrected chi connectivity index (χ0v) is 8.65. The molecule has 1 atom stereocenters. The number of rotatable bonds is 7. The monoisotopic (exact) mass is 189 g/mol. The van der Waals surface area contributed by atoms with Crippen LogP contribution < -0.4 is 5.73 Å². The van der Waals surface area contributed by atoms with Crippen LogP contribution >= 0.6 is 12.6 Å². The minimum Gasteiger partial charge on any atom is -0.369 e. The van der Waals surface area contributed by atoms with Crippen LogP contribution in [0, 0.1) is 0 Å². The number of carbonyl (C=O) groups excluding carboxylic acids is 1. The van der Waals surface area contributed by atoms with Gasteiger partial charge in [-0.1, -0.05) is 39.0 Å². The van der Waals surface area contributed by atoms with E-state index >= 15 is 0 Å². The maximum Gasteiger partial charge on any atom is 0.230 e. The van der Waals surface area contributed by atoms with Gasteiger partial charge in [0.2, 0.25) is 5.91 Å². The van der Waals surface area contributed by atoms with E-state index in [0.29, 0.717) is 0 Å². The molecule has 0 saturated carbocycles. The molecule has 0 aromatic rings. The summed E-state index contributed by atoms with van der Waals surface area (Å²) in [4.78, 5) is 10.6. The first-order valence-corrected chi connectivity index (χ1v) is 5.17. The average molecular weight is 189 g/mol. The summed E-state index contributed by atoms with van der Waals surface area (Å²) in [5, 5.41) is -0.244. The van der Waals surface area contributed by atoms with Crippen molar-refractivity contribution in [3.63, 3.8) is 0 Å². The Balaban J connectivity index is 3.14. The maximum absolute atomic E-state index is 10.6. The van der Waals surface area contributed by atoms with Crippen molar-refractivity contribution < 1.29 is 4.79 Å². The van der Waals surface area contributed by atoms with Gasteiger partial charge in [-0.25, -0.2) is 0 Å². The second kappa shape index (κ2) is 7.47. The van der Waals surface area contributed by atoms with E-state index in [9.17, 15) is 4.79 Å². The summed E-state index contributed by atoms with van der Waals surface area (Å²) in [6.45, 7) is 2.19. The normalized spacial score (nSPS) is 12.8. The lowest BCUT2D eigenvalue weighted by molar-refractivity contribution is -0.117. The molecule has 0 rings (SSSR count). The highest BCUT2D eigenvalue weighted by atomic mass is 32.1. The number of unbranched alkanes of at least 4 members (excludes halogenated alkanes) is 4. The minimum absolute atomic E-state index is 0.244. The molecular formula is C9H19NOS. The van der Waals surface area contributed by atoms with Crippen molar-refractivity contribution in [3.8, 4) is 0 Å². The van der Waals surface area contributed by atoms with Crippen LogP contribution in [0.1, 0.15) is 45.4 Å². The van der Waals surface area contributed by atoms with E-state index in [0.717, 1.165) is 12.8 Å². The van der Waals surface area contributed by atoms with Crippen LogP contribution in [0.2, 0.25) is 0 Å². The lowest BCUT2D eigenvalue weighted by Gasteiger charge is -2.04. The fourth-order valence-corrected chi connectivity index (χ4v) is 1.27. The molecule has 0 aromatic heterocycles. The van der Waals surface area contributed by atoms with Crippen molar-refractivity contribution in [1.29, 1.82) is 0 Å². The summed E-state index contributed by atoms with van der Waals surface area (Å²) in [6, 6.07) is 0. The Hall–Kier alpha value is -0.180. The quantitative estimate of drug-likeness (QED) is 0.467. The predicted octanol–water partition coefficient (Wildman–Crippen LogP) is 2.13. The third-order valence-electron chi connectivity index (χ3n) is 1.91. The third-order valence-corrected chi connectivity index (χ3v) is 2.42. The molecule has 1 amide bonds. The molecule has 0 aliphatic rings. The highest BCUT2D eigenvalue weighted by Crippen LogP contribution is 2.10. The van der Waals surface area contributed by atoms with E-state index in [1.807, 2.05) is 0 Å². The summed E-state index contributed by atoms with van der Waals surface area (Å²) < 4.78 is 0. The van der Waals surface area contributed by atoms with Crippen LogP contribution in [-0.2, 0) is 4.79 Å². The van der Waals surface area contributed by atoms with Crippen LogP contribution in [0.5, 0.6) is 0 Å². The fraction of sp³-hybridized carbons (Fsp3) is 0.889. The third kappa shape index (κ3) is 6.53. The summed E-state index contributed by atoms with van der Waals surface area (Å²) in [5.74, 6) is -0.297. The fourth-order valence-electron chi connectivity index (χ4n) is 1.08. The molecule has 1 unspecified atom stereocenters. The first-order valence-electron chi connectivity index (χ1n) is 4.66. The van der Waals surface area contributed by atoms with Gasteiger partial charge in [-0.15, -0.1) is 0 Å². The molecule has 0 radical (unpaired) electrons. The minimum atomic E-state index is -0.297. The molecule has 12 heavy (non-hydrogen) atoms. The van der Waals surface area contributed by atoms with Crippen molar-refractivity contribution in [2.24, 2.45) is 5.73 Å². The first-order chi connectivity index (χ1) is 5.68. The molecule has 0 bridgehead atoms. The van der Waals surface area contributed by atoms with Crippen LogP contribution in [0.25, 0.3) is 0 Å². The highest BCUT2D eigenvalue weighted by Gasteiger charge is 2.07. The topological polar surface area (TPSA) is 43.1 Å². The Kier molecular flexibility index (Phi) is 7.36. The van der Waals surface area contributed by atoms with Crippen LogP contribution in [-0.4, -0.2) is 11.2 Å². The van der Waals surface area contributed by atoms with Gasteiger partial charge in [-0.2, -0.15) is 12.6 Å². The standard InChI is InChI=1S/C9H19NOS/c1-2-3-4-5-6-7-8(12)9(10)11/h8,12H,2-7H2,1H3,(H2,10,11). The largest absolute Gasteiger partial charge is 0.369 e. The molecule has 0 aromatic carbocycles. The van der Waals surface area contributed by atoms with Crippen LogP contribution in [0.4, 0.5) is 0 Å². The van der Waals surface area contributed by atoms with E-state index < -0.39 is 0 Å². The average Bonchev–Trinajstić information content (AvgIpc) is 2.03. The molecule has 0 aliphatic heterocycles. The summed E-state index contributed by atoms with van der Waals surface area (Å²) in [5.41, 5.74) is 5.06. The van der Waals surface area contributed by atoms with E-state index in [1.54, 1.807) is 0 Å². The molecule has 0 spiro atoms. The Bertz CT molecular complexity index is 128. The molecule has 2 nitrogen and oxygen atoms in total. The number of carbonyl (C=O) groups is 1. The number of nitrogens with two attached hydrogens (primary N) is 1. The molecule has 72 valence electrons. The molecule has 2 N–H and O–H groups in total. The van der Waals surface area contributed by atoms with Gasteiger partial charge < -0.3 is 5.73 Å². The van der Waals surface area contributed by atoms with Crippen molar-refractivity contribution in [2.45, 2.75) is 50.7 Å². The lowest BCUT2D eigenvalue weighted by atomic mass is 10.1. The van der Waals surface area contributed by atoms with Gasteiger partial charge in [0.1, 0.15) is 0 Å². The lowest BCUT2D eigenvalue weighted by Crippen LogP contribution is -2.23. The predicted molar refractivity (Wildman–Crippen MR) is 55.3 cm³/mol. The van der Waals surface area contributed by atoms with Gasteiger partial charge in [0, 0.05) is 0 Å². The number of amides is 1. The number of primary amides is 1. The second-order valence-corrected chi connectivity index (χ2v) is 3.74. The van der Waals surface area contributed by atoms with Gasteiger partial charge >= 0.3 is 0 Å². The van der Waals surface area contributed by atoms with Crippen molar-refractivity contribution >= 4 is 18.5 Å². The number of hydrogen-bond donors (Lipinski definition) is 2. The summed E-state index contributed by atoms with van der Waals surface area (Å²) in [6.07, 6.45) is 6.88. The Morgan fingerprint density at radius 2 is 1.92 bits per heavy atom. The molecule has 0 saturated heterocycles. The van der Waals surface area contributed by atoms with Crippen LogP contribution in [0.3, 0.4) is 0 Å². The first kappa shape index (κ1) is 11.8. The van der Waals surface area contributed by atoms with Gasteiger partial charge in [-0.3, -0.25) is 4.79 Å². The van der Waals surface area contributed by atoms with E-state index in [2.05, 4.69) is 19.6 Å². The van der Waals surface area contributed by atoms with Crippen molar-refractivity contribution in [1.82, 2.24) is 0 Å². The zero-order chi connectivity index (χ0) is 9.40. The molecule has 0 heterocycles. The SMILES string of the molecule is CCCCCCCC(S)C(N)=O. The van der Waals surface area contributed by atoms with Crippen molar-refractivity contribution in [3.05, 3.63) is 0 Å². The molecular weight excluding hydrogens is 170 g/mol. The van der Waals surface area contributed by atoms with E-state index in [1.165, 1.54) is 25.7 Å². The molecule has 3 heteroatoms. The maximum atomic E-state index is 10.6. The molecule has 0 fully saturated rings. The summed E-state index contributed by atoms with van der Waals surface area (Å²) in [7, 11) is 0. The molecule has 0 aliphatic carbocycles. The van der Waals surface area contributed by atoms with Gasteiger partial charge in [0.15, 0.2) is 0 Å². The van der Waals surface area contributed by atoms with E-state index in [4.69, 9.17) is 5.73 Å². The number of hydrogen-bond acceptors (Lipinski definition) is 2. The van der Waals surface area contributed by atoms with Crippen LogP contribution in [0.15, 0.2) is 0 Å². The highest BCUT2D eigenvalue weighted by molar-refractivity contribution is 7.81. The number of thiol groups is 1.